The molecule has 0 bridgehead atoms. The van der Waals surface area contributed by atoms with Crippen LogP contribution in [0.2, 0.25) is 0 Å². The molecule has 7 heteroatoms. The zero-order valence-electron chi connectivity index (χ0n) is 20.8. The summed E-state index contributed by atoms with van der Waals surface area (Å²) < 4.78 is 5.18. The Morgan fingerprint density at radius 1 is 0.781 bits per heavy atom. The van der Waals surface area contributed by atoms with Gasteiger partial charge in [0.1, 0.15) is 0 Å². The van der Waals surface area contributed by atoms with E-state index in [2.05, 4.69) is 13.8 Å². The molecule has 188 valence electrons. The van der Waals surface area contributed by atoms with Gasteiger partial charge in [0.15, 0.2) is 6.04 Å². The number of ether oxygens (including phenoxy) is 1. The molecular formula is C25H48N2O5. The number of esters is 1. The normalized spacial score (nSPS) is 12.0. The summed E-state index contributed by atoms with van der Waals surface area (Å²) in [6.45, 7) is 5.97. The lowest BCUT2D eigenvalue weighted by molar-refractivity contribution is -0.187. The Morgan fingerprint density at radius 2 is 1.22 bits per heavy atom. The average molecular weight is 457 g/mol. The Bertz CT molecular complexity index is 511. The molecule has 32 heavy (non-hydrogen) atoms. The monoisotopic (exact) mass is 456 g/mol. The van der Waals surface area contributed by atoms with Crippen molar-refractivity contribution >= 4 is 17.8 Å². The van der Waals surface area contributed by atoms with E-state index in [1.165, 1.54) is 70.6 Å². The van der Waals surface area contributed by atoms with Crippen LogP contribution in [0, 0.1) is 5.92 Å². The standard InChI is InChI=1S/C25H48N2O5/c1-21(2)17-15-13-11-9-7-5-4-6-8-10-12-14-16-20-32-25(30)23(18-19-24(26)29)27(31)22(3)28/h21,23,31H,4-20H2,1-3H3,(H2,26,29)/t23-/m0/s1. The van der Waals surface area contributed by atoms with Crippen LogP contribution in [0.3, 0.4) is 0 Å². The summed E-state index contributed by atoms with van der Waals surface area (Å²) >= 11 is 0. The highest BCUT2D eigenvalue weighted by molar-refractivity contribution is 5.83. The second-order valence-corrected chi connectivity index (χ2v) is 9.33. The largest absolute Gasteiger partial charge is 0.464 e. The molecule has 0 radical (unpaired) electrons. The van der Waals surface area contributed by atoms with Gasteiger partial charge >= 0.3 is 5.97 Å². The lowest BCUT2D eigenvalue weighted by atomic mass is 10.0. The Labute approximate surface area is 195 Å². The lowest BCUT2D eigenvalue weighted by Gasteiger charge is -2.22. The molecule has 0 saturated carbocycles. The molecule has 0 heterocycles. The molecule has 1 atom stereocenters. The van der Waals surface area contributed by atoms with Crippen LogP contribution in [0.5, 0.6) is 0 Å². The van der Waals surface area contributed by atoms with Gasteiger partial charge in [-0.1, -0.05) is 97.3 Å². The highest BCUT2D eigenvalue weighted by Gasteiger charge is 2.28. The van der Waals surface area contributed by atoms with Gasteiger partial charge < -0.3 is 10.5 Å². The molecular weight excluding hydrogens is 408 g/mol. The molecule has 0 aliphatic rings. The highest BCUT2D eigenvalue weighted by atomic mass is 16.6. The zero-order chi connectivity index (χ0) is 24.2. The Kier molecular flexibility index (Phi) is 19.0. The third-order valence-electron chi connectivity index (χ3n) is 5.72. The molecule has 0 fully saturated rings. The van der Waals surface area contributed by atoms with Gasteiger partial charge in [-0.05, 0) is 18.8 Å². The number of primary amides is 1. The van der Waals surface area contributed by atoms with Crippen molar-refractivity contribution in [3.63, 3.8) is 0 Å². The van der Waals surface area contributed by atoms with Crippen molar-refractivity contribution in [2.75, 3.05) is 6.61 Å². The van der Waals surface area contributed by atoms with Crippen LogP contribution in [0.1, 0.15) is 124 Å². The molecule has 3 N–H and O–H groups in total. The highest BCUT2D eigenvalue weighted by Crippen LogP contribution is 2.14. The van der Waals surface area contributed by atoms with Crippen molar-refractivity contribution in [3.8, 4) is 0 Å². The van der Waals surface area contributed by atoms with Crippen molar-refractivity contribution in [1.29, 1.82) is 0 Å². The van der Waals surface area contributed by atoms with Crippen molar-refractivity contribution < 1.29 is 24.3 Å². The molecule has 0 unspecified atom stereocenters. The van der Waals surface area contributed by atoms with E-state index in [4.69, 9.17) is 10.5 Å². The van der Waals surface area contributed by atoms with Gasteiger partial charge in [-0.3, -0.25) is 14.8 Å². The second kappa shape index (κ2) is 20.0. The Balaban J connectivity index is 3.62. The maximum Gasteiger partial charge on any atom is 0.331 e. The first kappa shape index (κ1) is 30.4. The first-order chi connectivity index (χ1) is 15.3. The van der Waals surface area contributed by atoms with Gasteiger partial charge in [0, 0.05) is 13.3 Å². The summed E-state index contributed by atoms with van der Waals surface area (Å²) in [6.07, 6.45) is 17.3. The minimum absolute atomic E-state index is 0.0532. The third-order valence-corrected chi connectivity index (χ3v) is 5.72. The molecule has 0 aromatic carbocycles. The van der Waals surface area contributed by atoms with Crippen LogP contribution < -0.4 is 5.73 Å². The van der Waals surface area contributed by atoms with Crippen LogP contribution in [0.15, 0.2) is 0 Å². The fraction of sp³-hybridized carbons (Fsp3) is 0.880. The number of amides is 2. The summed E-state index contributed by atoms with van der Waals surface area (Å²) in [6, 6.07) is -1.19. The smallest absolute Gasteiger partial charge is 0.331 e. The number of carbonyl (C=O) groups excluding carboxylic acids is 3. The van der Waals surface area contributed by atoms with E-state index in [0.29, 0.717) is 5.06 Å². The molecule has 0 aliphatic carbocycles. The van der Waals surface area contributed by atoms with E-state index in [0.717, 1.165) is 32.1 Å². The van der Waals surface area contributed by atoms with E-state index in [1.54, 1.807) is 0 Å². The molecule has 0 rings (SSSR count). The third kappa shape index (κ3) is 18.0. The second-order valence-electron chi connectivity index (χ2n) is 9.33. The van der Waals surface area contributed by atoms with E-state index in [-0.39, 0.29) is 19.4 Å². The molecule has 0 aromatic heterocycles. The summed E-state index contributed by atoms with van der Waals surface area (Å²) in [5, 5.41) is 10.1. The molecule has 0 aliphatic heterocycles. The van der Waals surface area contributed by atoms with Gasteiger partial charge in [-0.15, -0.1) is 0 Å². The van der Waals surface area contributed by atoms with E-state index >= 15 is 0 Å². The molecule has 0 spiro atoms. The van der Waals surface area contributed by atoms with Crippen LogP contribution >= 0.6 is 0 Å². The zero-order valence-corrected chi connectivity index (χ0v) is 20.8. The van der Waals surface area contributed by atoms with Crippen LogP contribution in [-0.4, -0.2) is 40.7 Å². The van der Waals surface area contributed by atoms with E-state index in [9.17, 15) is 19.6 Å². The van der Waals surface area contributed by atoms with Crippen molar-refractivity contribution in [2.45, 2.75) is 130 Å². The number of carbonyl (C=O) groups is 3. The SMILES string of the molecule is CC(=O)N(O)[C@@H](CCC(N)=O)C(=O)OCCCCCCCCCCCCCCCC(C)C. The van der Waals surface area contributed by atoms with Crippen LogP contribution in [-0.2, 0) is 19.1 Å². The number of rotatable bonds is 21. The number of hydroxylamine groups is 2. The predicted octanol–water partition coefficient (Wildman–Crippen LogP) is 5.52. The number of nitrogens with two attached hydrogens (primary N) is 1. The molecule has 0 saturated heterocycles. The summed E-state index contributed by atoms with van der Waals surface area (Å²) in [4.78, 5) is 34.4. The molecule has 2 amide bonds. The molecule has 7 nitrogen and oxygen atoms in total. The summed E-state index contributed by atoms with van der Waals surface area (Å²) in [5.74, 6) is -1.15. The number of hydrogen-bond donors (Lipinski definition) is 2. The fourth-order valence-electron chi connectivity index (χ4n) is 3.71. The topological polar surface area (TPSA) is 110 Å². The van der Waals surface area contributed by atoms with E-state index in [1.807, 2.05) is 0 Å². The lowest BCUT2D eigenvalue weighted by Crippen LogP contribution is -2.43. The quantitative estimate of drug-likeness (QED) is 0.102. The van der Waals surface area contributed by atoms with E-state index < -0.39 is 23.8 Å². The van der Waals surface area contributed by atoms with Crippen molar-refractivity contribution in [1.82, 2.24) is 5.06 Å². The molecule has 0 aromatic rings. The first-order valence-electron chi connectivity index (χ1n) is 12.7. The van der Waals surface area contributed by atoms with Gasteiger partial charge in [0.2, 0.25) is 11.8 Å². The maximum atomic E-state index is 12.1. The number of unbranched alkanes of at least 4 members (excludes halogenated alkanes) is 12. The predicted molar refractivity (Wildman–Crippen MR) is 127 cm³/mol. The first-order valence-corrected chi connectivity index (χ1v) is 12.7. The Hall–Kier alpha value is -1.63. The fourth-order valence-corrected chi connectivity index (χ4v) is 3.71. The number of hydrogen-bond acceptors (Lipinski definition) is 5. The number of nitrogens with zero attached hydrogens (tertiary/aromatic N) is 1. The van der Waals surface area contributed by atoms with Crippen LogP contribution in [0.25, 0.3) is 0 Å². The minimum atomic E-state index is -1.19. The maximum absolute atomic E-state index is 12.1. The van der Waals surface area contributed by atoms with Gasteiger partial charge in [-0.25, -0.2) is 9.86 Å². The Morgan fingerprint density at radius 3 is 1.62 bits per heavy atom. The average Bonchev–Trinajstić information content (AvgIpc) is 2.72. The summed E-state index contributed by atoms with van der Waals surface area (Å²) in [7, 11) is 0. The van der Waals surface area contributed by atoms with Gasteiger partial charge in [-0.2, -0.15) is 0 Å². The van der Waals surface area contributed by atoms with Crippen molar-refractivity contribution in [3.05, 3.63) is 0 Å². The summed E-state index contributed by atoms with van der Waals surface area (Å²) in [5.41, 5.74) is 5.08. The van der Waals surface area contributed by atoms with Gasteiger partial charge in [0.05, 0.1) is 6.61 Å². The minimum Gasteiger partial charge on any atom is -0.464 e. The van der Waals surface area contributed by atoms with Crippen LogP contribution in [0.4, 0.5) is 0 Å². The van der Waals surface area contributed by atoms with Crippen molar-refractivity contribution in [2.24, 2.45) is 11.7 Å². The van der Waals surface area contributed by atoms with Gasteiger partial charge in [0.25, 0.3) is 0 Å².